The van der Waals surface area contributed by atoms with Crippen LogP contribution in [0.25, 0.3) is 27.7 Å². The van der Waals surface area contributed by atoms with Crippen LogP contribution in [-0.4, -0.2) is 4.98 Å². The molecule has 3 aromatic rings. The van der Waals surface area contributed by atoms with E-state index in [1.165, 1.54) is 0 Å². The van der Waals surface area contributed by atoms with Gasteiger partial charge in [-0.2, -0.15) is 0 Å². The molecule has 0 aliphatic heterocycles. The number of aromatic amines is 1. The molecular formula is C18H14ClN. The number of hydrogen-bond donors (Lipinski definition) is 1. The van der Waals surface area contributed by atoms with Crippen LogP contribution in [0.15, 0.2) is 67.8 Å². The molecule has 20 heavy (non-hydrogen) atoms. The maximum Gasteiger partial charge on any atom is 0.0544 e. The van der Waals surface area contributed by atoms with E-state index in [9.17, 15) is 0 Å². The van der Waals surface area contributed by atoms with E-state index in [1.807, 2.05) is 36.4 Å². The van der Waals surface area contributed by atoms with Crippen LogP contribution in [0.2, 0.25) is 5.02 Å². The van der Waals surface area contributed by atoms with Crippen LogP contribution in [-0.2, 0) is 0 Å². The number of rotatable bonds is 3. The molecule has 0 aliphatic carbocycles. The Morgan fingerprint density at radius 3 is 2.55 bits per heavy atom. The largest absolute Gasteiger partial charge is 0.354 e. The third kappa shape index (κ3) is 2.06. The van der Waals surface area contributed by atoms with Gasteiger partial charge < -0.3 is 4.98 Å². The number of halogens is 1. The van der Waals surface area contributed by atoms with Crippen LogP contribution in [0, 0.1) is 0 Å². The molecule has 0 fully saturated rings. The van der Waals surface area contributed by atoms with Crippen molar-refractivity contribution in [3.8, 4) is 11.3 Å². The Bertz CT molecular complexity index is 797. The Morgan fingerprint density at radius 1 is 1.10 bits per heavy atom. The molecule has 3 rings (SSSR count). The van der Waals surface area contributed by atoms with E-state index >= 15 is 0 Å². The molecule has 2 aromatic carbocycles. The summed E-state index contributed by atoms with van der Waals surface area (Å²) in [7, 11) is 0. The van der Waals surface area contributed by atoms with E-state index in [0.717, 1.165) is 33.3 Å². The van der Waals surface area contributed by atoms with Gasteiger partial charge in [-0.05, 0) is 23.3 Å². The van der Waals surface area contributed by atoms with Gasteiger partial charge in [0.1, 0.15) is 0 Å². The van der Waals surface area contributed by atoms with Gasteiger partial charge in [0.05, 0.1) is 5.69 Å². The molecule has 0 bridgehead atoms. The zero-order valence-electron chi connectivity index (χ0n) is 11.0. The van der Waals surface area contributed by atoms with Gasteiger partial charge in [0.2, 0.25) is 0 Å². The van der Waals surface area contributed by atoms with Crippen molar-refractivity contribution in [2.24, 2.45) is 0 Å². The minimum atomic E-state index is 0.717. The Hall–Kier alpha value is -2.25. The predicted molar refractivity (Wildman–Crippen MR) is 88.0 cm³/mol. The maximum absolute atomic E-state index is 6.08. The van der Waals surface area contributed by atoms with Gasteiger partial charge in [-0.1, -0.05) is 67.2 Å². The average Bonchev–Trinajstić information content (AvgIpc) is 2.85. The number of benzene rings is 2. The first kappa shape index (κ1) is 12.8. The van der Waals surface area contributed by atoms with E-state index in [1.54, 1.807) is 6.08 Å². The van der Waals surface area contributed by atoms with E-state index in [-0.39, 0.29) is 0 Å². The quantitative estimate of drug-likeness (QED) is 0.593. The Morgan fingerprint density at radius 2 is 1.85 bits per heavy atom. The highest BCUT2D eigenvalue weighted by atomic mass is 35.5. The fraction of sp³-hybridized carbons (Fsp3) is 0. The van der Waals surface area contributed by atoms with Crippen molar-refractivity contribution >= 4 is 28.1 Å². The molecule has 1 aromatic heterocycles. The highest BCUT2D eigenvalue weighted by molar-refractivity contribution is 6.31. The first-order chi connectivity index (χ1) is 9.70. The molecule has 0 saturated heterocycles. The zero-order valence-corrected chi connectivity index (χ0v) is 11.7. The fourth-order valence-corrected chi connectivity index (χ4v) is 2.60. The van der Waals surface area contributed by atoms with Crippen LogP contribution < -0.4 is 0 Å². The van der Waals surface area contributed by atoms with Crippen molar-refractivity contribution in [3.05, 3.63) is 78.4 Å². The number of fused-ring (bicyclic) bond motifs is 1. The lowest BCUT2D eigenvalue weighted by molar-refractivity contribution is 1.44. The van der Waals surface area contributed by atoms with Crippen molar-refractivity contribution in [2.75, 3.05) is 0 Å². The summed E-state index contributed by atoms with van der Waals surface area (Å²) >= 11 is 6.08. The molecule has 0 atom stereocenters. The molecule has 0 radical (unpaired) electrons. The van der Waals surface area contributed by atoms with Gasteiger partial charge in [-0.25, -0.2) is 0 Å². The molecule has 0 amide bonds. The first-order valence-electron chi connectivity index (χ1n) is 6.39. The van der Waals surface area contributed by atoms with Crippen LogP contribution in [0.4, 0.5) is 0 Å². The summed E-state index contributed by atoms with van der Waals surface area (Å²) in [5.74, 6) is 0. The number of nitrogens with one attached hydrogen (secondary N) is 1. The standard InChI is InChI=1S/C18H14ClN/c1-3-12(2)17-15-10-9-14(19)11-16(15)20-18(17)13-7-5-4-6-8-13/h3-11,20H,1-2H2. The SMILES string of the molecule is C=CC(=C)c1c(-c2ccccc2)[nH]c2cc(Cl)ccc12. The molecular weight excluding hydrogens is 266 g/mol. The zero-order chi connectivity index (χ0) is 14.1. The molecule has 0 spiro atoms. The van der Waals surface area contributed by atoms with Crippen molar-refractivity contribution < 1.29 is 0 Å². The summed E-state index contributed by atoms with van der Waals surface area (Å²) in [6.45, 7) is 7.94. The molecule has 0 unspecified atom stereocenters. The summed E-state index contributed by atoms with van der Waals surface area (Å²) in [5.41, 5.74) is 5.16. The van der Waals surface area contributed by atoms with Gasteiger partial charge >= 0.3 is 0 Å². The Balaban J connectivity index is 2.36. The number of hydrogen-bond acceptors (Lipinski definition) is 0. The molecule has 0 saturated carbocycles. The second kappa shape index (κ2) is 5.03. The molecule has 2 heteroatoms. The van der Waals surface area contributed by atoms with Gasteiger partial charge in [0.25, 0.3) is 0 Å². The Kier molecular flexibility index (Phi) is 3.21. The van der Waals surface area contributed by atoms with Crippen LogP contribution >= 0.6 is 11.6 Å². The van der Waals surface area contributed by atoms with Crippen LogP contribution in [0.1, 0.15) is 5.56 Å². The lowest BCUT2D eigenvalue weighted by atomic mass is 9.99. The lowest BCUT2D eigenvalue weighted by Crippen LogP contribution is -1.83. The van der Waals surface area contributed by atoms with E-state index in [4.69, 9.17) is 11.6 Å². The van der Waals surface area contributed by atoms with Crippen molar-refractivity contribution in [1.29, 1.82) is 0 Å². The molecule has 0 aliphatic rings. The van der Waals surface area contributed by atoms with Crippen LogP contribution in [0.5, 0.6) is 0 Å². The molecule has 1 N–H and O–H groups in total. The lowest BCUT2D eigenvalue weighted by Gasteiger charge is -2.04. The fourth-order valence-electron chi connectivity index (χ4n) is 2.43. The van der Waals surface area contributed by atoms with E-state index in [2.05, 4.69) is 30.3 Å². The first-order valence-corrected chi connectivity index (χ1v) is 6.77. The Labute approximate surface area is 123 Å². The average molecular weight is 280 g/mol. The minimum Gasteiger partial charge on any atom is -0.354 e. The number of H-pyrrole nitrogens is 1. The normalized spacial score (nSPS) is 10.7. The predicted octanol–water partition coefficient (Wildman–Crippen LogP) is 5.69. The van der Waals surface area contributed by atoms with Gasteiger partial charge in [-0.15, -0.1) is 0 Å². The third-order valence-corrected chi connectivity index (χ3v) is 3.63. The molecule has 1 heterocycles. The van der Waals surface area contributed by atoms with Crippen molar-refractivity contribution in [1.82, 2.24) is 4.98 Å². The third-order valence-electron chi connectivity index (χ3n) is 3.39. The van der Waals surface area contributed by atoms with Crippen molar-refractivity contribution in [2.45, 2.75) is 0 Å². The maximum atomic E-state index is 6.08. The monoisotopic (exact) mass is 279 g/mol. The van der Waals surface area contributed by atoms with Crippen molar-refractivity contribution in [3.63, 3.8) is 0 Å². The molecule has 98 valence electrons. The second-order valence-corrected chi connectivity index (χ2v) is 5.10. The summed E-state index contributed by atoms with van der Waals surface area (Å²) in [4.78, 5) is 3.44. The number of aromatic nitrogens is 1. The van der Waals surface area contributed by atoms with E-state index in [0.29, 0.717) is 5.02 Å². The van der Waals surface area contributed by atoms with Gasteiger partial charge in [0.15, 0.2) is 0 Å². The summed E-state index contributed by atoms with van der Waals surface area (Å²) < 4.78 is 0. The molecule has 1 nitrogen and oxygen atoms in total. The van der Waals surface area contributed by atoms with Gasteiger partial charge in [0, 0.05) is 21.5 Å². The summed E-state index contributed by atoms with van der Waals surface area (Å²) in [6, 6.07) is 16.0. The topological polar surface area (TPSA) is 15.8 Å². The smallest absolute Gasteiger partial charge is 0.0544 e. The second-order valence-electron chi connectivity index (χ2n) is 4.66. The highest BCUT2D eigenvalue weighted by Gasteiger charge is 2.14. The van der Waals surface area contributed by atoms with Gasteiger partial charge in [-0.3, -0.25) is 0 Å². The summed E-state index contributed by atoms with van der Waals surface area (Å²) in [6.07, 6.45) is 1.78. The number of allylic oxidation sites excluding steroid dienone is 2. The summed E-state index contributed by atoms with van der Waals surface area (Å²) in [5, 5.41) is 1.83. The van der Waals surface area contributed by atoms with Crippen LogP contribution in [0.3, 0.4) is 0 Å². The highest BCUT2D eigenvalue weighted by Crippen LogP contribution is 2.35. The van der Waals surface area contributed by atoms with E-state index < -0.39 is 0 Å². The minimum absolute atomic E-state index is 0.717.